The van der Waals surface area contributed by atoms with Crippen LogP contribution in [0.25, 0.3) is 0 Å². The fourth-order valence-electron chi connectivity index (χ4n) is 7.01. The number of carbonyl (C=O) groups is 2. The predicted molar refractivity (Wildman–Crippen MR) is 111 cm³/mol. The van der Waals surface area contributed by atoms with Crippen molar-refractivity contribution in [3.8, 4) is 6.01 Å². The van der Waals surface area contributed by atoms with Gasteiger partial charge in [0.05, 0.1) is 5.41 Å². The molecule has 6 aliphatic rings. The normalized spacial score (nSPS) is 40.1. The molecule has 1 aromatic heterocycles. The van der Waals surface area contributed by atoms with Crippen molar-refractivity contribution in [3.05, 3.63) is 17.8 Å². The lowest BCUT2D eigenvalue weighted by atomic mass is 9.49. The molecule has 9 nitrogen and oxygen atoms in total. The van der Waals surface area contributed by atoms with E-state index in [0.29, 0.717) is 17.8 Å². The van der Waals surface area contributed by atoms with Crippen molar-refractivity contribution in [2.75, 3.05) is 6.61 Å². The number of aromatic nitrogens is 2. The smallest absolute Gasteiger partial charge is 0.312 e. The minimum Gasteiger partial charge on any atom is -0.462 e. The van der Waals surface area contributed by atoms with Crippen LogP contribution >= 0.6 is 12.4 Å². The molecule has 7 rings (SSSR count). The van der Waals surface area contributed by atoms with E-state index < -0.39 is 30.5 Å². The van der Waals surface area contributed by atoms with Crippen molar-refractivity contribution in [3.63, 3.8) is 0 Å². The number of carbonyl (C=O) groups excluding carboxylic acids is 2. The van der Waals surface area contributed by atoms with Crippen molar-refractivity contribution in [2.45, 2.75) is 70.0 Å². The second kappa shape index (κ2) is 7.73. The Kier molecular flexibility index (Phi) is 5.24. The topological polar surface area (TPSA) is 113 Å². The summed E-state index contributed by atoms with van der Waals surface area (Å²) in [5.74, 6) is 1.40. The first-order valence-corrected chi connectivity index (χ1v) is 11.2. The van der Waals surface area contributed by atoms with Gasteiger partial charge in [0.25, 0.3) is 0 Å². The first-order chi connectivity index (χ1) is 14.9. The van der Waals surface area contributed by atoms with Crippen LogP contribution in [0.1, 0.15) is 51.7 Å². The van der Waals surface area contributed by atoms with Gasteiger partial charge in [-0.05, 0) is 62.3 Å². The molecule has 0 aromatic carbocycles. The number of fused-ring (bicyclic) bond motifs is 3. The highest BCUT2D eigenvalue weighted by Gasteiger charge is 2.57. The van der Waals surface area contributed by atoms with Crippen LogP contribution in [0.15, 0.2) is 12.3 Å². The molecule has 4 atom stereocenters. The van der Waals surface area contributed by atoms with Crippen molar-refractivity contribution >= 4 is 24.3 Å². The lowest BCUT2D eigenvalue weighted by Crippen LogP contribution is -2.51. The number of hydrogen-bond donors (Lipinski definition) is 1. The van der Waals surface area contributed by atoms with E-state index in [0.717, 1.165) is 19.3 Å². The highest BCUT2D eigenvalue weighted by atomic mass is 35.5. The molecule has 0 spiro atoms. The maximum Gasteiger partial charge on any atom is 0.312 e. The molecule has 10 heteroatoms. The van der Waals surface area contributed by atoms with Crippen molar-refractivity contribution in [1.82, 2.24) is 9.55 Å². The number of nitrogens with one attached hydrogen (secondary N) is 1. The molecule has 4 saturated carbocycles. The fraction of sp³-hybridized carbons (Fsp3) is 0.727. The number of nitrogens with zero attached hydrogens (tertiary/aromatic N) is 2. The van der Waals surface area contributed by atoms with Gasteiger partial charge < -0.3 is 18.9 Å². The van der Waals surface area contributed by atoms with E-state index >= 15 is 0 Å². The van der Waals surface area contributed by atoms with E-state index in [4.69, 9.17) is 24.4 Å². The number of halogens is 1. The summed E-state index contributed by atoms with van der Waals surface area (Å²) in [5.41, 5.74) is -0.261. The van der Waals surface area contributed by atoms with Gasteiger partial charge in [0, 0.05) is 13.1 Å². The van der Waals surface area contributed by atoms with Crippen LogP contribution < -0.4 is 10.2 Å². The summed E-state index contributed by atoms with van der Waals surface area (Å²) in [4.78, 5) is 29.0. The number of ether oxygens (including phenoxy) is 4. The molecule has 32 heavy (non-hydrogen) atoms. The van der Waals surface area contributed by atoms with E-state index in [9.17, 15) is 9.59 Å². The summed E-state index contributed by atoms with van der Waals surface area (Å²) in [5, 5.41) is 7.67. The third-order valence-corrected chi connectivity index (χ3v) is 7.78. The van der Waals surface area contributed by atoms with Crippen LogP contribution in [-0.4, -0.2) is 46.4 Å². The van der Waals surface area contributed by atoms with Gasteiger partial charge >= 0.3 is 17.9 Å². The standard InChI is InChI=1S/C22H27N3O6.ClH/c1-11(26)29-17-15(30-19-18(17)31-21-24-16(23)2-3-25(19)21)10-28-20(27)22-7-12-4-13(8-22)6-14(5-12)9-22;/h2-3,12-15,17-19,23H,4-10H2,1H3;1H/t12?,13?,14?,15-,17-,18+,19-,22?;/m1./s1. The summed E-state index contributed by atoms with van der Waals surface area (Å²) in [6.07, 6.45) is 5.80. The zero-order valence-electron chi connectivity index (χ0n) is 17.9. The first-order valence-electron chi connectivity index (χ1n) is 11.2. The third kappa shape index (κ3) is 3.41. The van der Waals surface area contributed by atoms with Gasteiger partial charge in [-0.25, -0.2) is 0 Å². The molecule has 174 valence electrons. The first kappa shape index (κ1) is 21.7. The molecule has 4 aliphatic carbocycles. The Bertz CT molecular complexity index is 961. The highest BCUT2D eigenvalue weighted by molar-refractivity contribution is 5.85. The minimum absolute atomic E-state index is 0. The molecule has 1 N–H and O–H groups in total. The zero-order valence-corrected chi connectivity index (χ0v) is 18.7. The Morgan fingerprint density at radius 1 is 1.22 bits per heavy atom. The van der Waals surface area contributed by atoms with Gasteiger partial charge in [-0.3, -0.25) is 19.6 Å². The van der Waals surface area contributed by atoms with E-state index in [1.165, 1.54) is 26.2 Å². The maximum atomic E-state index is 13.2. The Morgan fingerprint density at radius 3 is 2.50 bits per heavy atom. The molecule has 2 aliphatic heterocycles. The molecule has 1 aromatic rings. The van der Waals surface area contributed by atoms with Crippen molar-refractivity contribution in [1.29, 1.82) is 5.41 Å². The van der Waals surface area contributed by atoms with Gasteiger partial charge in [-0.2, -0.15) is 4.98 Å². The van der Waals surface area contributed by atoms with Crippen LogP contribution in [0.3, 0.4) is 0 Å². The maximum absolute atomic E-state index is 13.2. The Hall–Kier alpha value is -2.13. The van der Waals surface area contributed by atoms with Crippen molar-refractivity contribution < 1.29 is 28.5 Å². The summed E-state index contributed by atoms with van der Waals surface area (Å²) < 4.78 is 25.0. The lowest BCUT2D eigenvalue weighted by Gasteiger charge is -2.55. The Balaban J connectivity index is 0.00000216. The van der Waals surface area contributed by atoms with E-state index in [2.05, 4.69) is 4.98 Å². The number of rotatable bonds is 4. The van der Waals surface area contributed by atoms with E-state index in [1.54, 1.807) is 16.8 Å². The SMILES string of the molecule is CC(=O)O[C@H]1[C@@H]2Oc3nc(=N)ccn3[C@@H]2O[C@@H]1COC(=O)C12CC3CC(CC(C3)C1)C2.Cl. The molecule has 0 unspecified atom stereocenters. The average Bonchev–Trinajstić information content (AvgIpc) is 3.20. The van der Waals surface area contributed by atoms with Gasteiger partial charge in [-0.15, -0.1) is 12.4 Å². The zero-order chi connectivity index (χ0) is 21.3. The van der Waals surface area contributed by atoms with Gasteiger partial charge in [0.15, 0.2) is 23.9 Å². The lowest BCUT2D eigenvalue weighted by molar-refractivity contribution is -0.178. The molecule has 1 saturated heterocycles. The summed E-state index contributed by atoms with van der Waals surface area (Å²) in [7, 11) is 0. The quantitative estimate of drug-likeness (QED) is 0.677. The molecular weight excluding hydrogens is 438 g/mol. The largest absolute Gasteiger partial charge is 0.462 e. The van der Waals surface area contributed by atoms with Crippen LogP contribution in [-0.2, 0) is 23.8 Å². The molecule has 0 amide bonds. The second-order valence-corrected chi connectivity index (χ2v) is 10.0. The van der Waals surface area contributed by atoms with Crippen LogP contribution in [0, 0.1) is 28.6 Å². The predicted octanol–water partition coefficient (Wildman–Crippen LogP) is 2.13. The number of hydrogen-bond acceptors (Lipinski definition) is 8. The van der Waals surface area contributed by atoms with Crippen molar-refractivity contribution in [2.24, 2.45) is 23.2 Å². The fourth-order valence-corrected chi connectivity index (χ4v) is 7.01. The van der Waals surface area contributed by atoms with Crippen LogP contribution in [0.4, 0.5) is 0 Å². The second-order valence-electron chi connectivity index (χ2n) is 10.0. The molecule has 0 radical (unpaired) electrons. The average molecular weight is 466 g/mol. The van der Waals surface area contributed by atoms with Gasteiger partial charge in [0.1, 0.15) is 12.7 Å². The summed E-state index contributed by atoms with van der Waals surface area (Å²) in [6.45, 7) is 1.36. The van der Waals surface area contributed by atoms with E-state index in [1.807, 2.05) is 0 Å². The molecule has 4 bridgehead atoms. The summed E-state index contributed by atoms with van der Waals surface area (Å²) in [6, 6.07) is 1.79. The minimum atomic E-state index is -0.720. The molecule has 3 heterocycles. The summed E-state index contributed by atoms with van der Waals surface area (Å²) >= 11 is 0. The monoisotopic (exact) mass is 465 g/mol. The van der Waals surface area contributed by atoms with Gasteiger partial charge in [-0.1, -0.05) is 0 Å². The molecule has 5 fully saturated rings. The number of esters is 2. The van der Waals surface area contributed by atoms with Crippen LogP contribution in [0.5, 0.6) is 6.01 Å². The molecular formula is C22H28ClN3O6. The highest BCUT2D eigenvalue weighted by Crippen LogP contribution is 2.60. The third-order valence-electron chi connectivity index (χ3n) is 7.78. The van der Waals surface area contributed by atoms with Crippen LogP contribution in [0.2, 0.25) is 0 Å². The Labute approximate surface area is 191 Å². The van der Waals surface area contributed by atoms with Gasteiger partial charge in [0.2, 0.25) is 0 Å². The Morgan fingerprint density at radius 2 is 1.88 bits per heavy atom. The van der Waals surface area contributed by atoms with E-state index in [-0.39, 0.29) is 41.9 Å².